The molecule has 3 aromatic rings. The zero-order chi connectivity index (χ0) is 19.4. The molecule has 0 radical (unpaired) electrons. The number of halogens is 2. The second kappa shape index (κ2) is 8.47. The fourth-order valence-electron chi connectivity index (χ4n) is 2.20. The van der Waals surface area contributed by atoms with E-state index in [4.69, 9.17) is 27.9 Å². The molecule has 0 spiro atoms. The Morgan fingerprint density at radius 2 is 2.07 bits per heavy atom. The highest BCUT2D eigenvalue weighted by molar-refractivity contribution is 7.09. The quantitative estimate of drug-likeness (QED) is 0.480. The Hall–Kier alpha value is -2.48. The summed E-state index contributed by atoms with van der Waals surface area (Å²) in [7, 11) is 0. The number of carbonyl (C=O) groups is 2. The van der Waals surface area contributed by atoms with Crippen molar-refractivity contribution in [1.29, 1.82) is 0 Å². The van der Waals surface area contributed by atoms with Crippen molar-refractivity contribution < 1.29 is 14.3 Å². The van der Waals surface area contributed by atoms with Gasteiger partial charge in [0.1, 0.15) is 5.15 Å². The molecule has 1 N–H and O–H groups in total. The van der Waals surface area contributed by atoms with Crippen LogP contribution in [0.15, 0.2) is 41.9 Å². The van der Waals surface area contributed by atoms with E-state index in [-0.39, 0.29) is 15.7 Å². The van der Waals surface area contributed by atoms with Gasteiger partial charge in [-0.05, 0) is 25.1 Å². The third-order valence-corrected chi connectivity index (χ3v) is 4.89. The van der Waals surface area contributed by atoms with Gasteiger partial charge >= 0.3 is 5.97 Å². The van der Waals surface area contributed by atoms with Gasteiger partial charge in [-0.1, -0.05) is 35.3 Å². The molecule has 0 unspecified atom stereocenters. The van der Waals surface area contributed by atoms with Gasteiger partial charge < -0.3 is 10.1 Å². The van der Waals surface area contributed by atoms with Crippen LogP contribution in [0.2, 0.25) is 10.2 Å². The van der Waals surface area contributed by atoms with Gasteiger partial charge in [-0.25, -0.2) is 14.8 Å². The lowest BCUT2D eigenvalue weighted by Crippen LogP contribution is -2.21. The van der Waals surface area contributed by atoms with E-state index in [1.807, 2.05) is 24.4 Å². The predicted octanol–water partition coefficient (Wildman–Crippen LogP) is 4.62. The minimum atomic E-state index is -0.720. The van der Waals surface area contributed by atoms with Gasteiger partial charge in [0.2, 0.25) is 0 Å². The molecule has 27 heavy (non-hydrogen) atoms. The van der Waals surface area contributed by atoms with Crippen molar-refractivity contribution in [3.05, 3.63) is 62.7 Å². The molecule has 0 aliphatic heterocycles. The van der Waals surface area contributed by atoms with Crippen LogP contribution >= 0.6 is 34.5 Å². The molecule has 2 heterocycles. The highest BCUT2D eigenvalue weighted by Crippen LogP contribution is 2.24. The number of hydrogen-bond donors (Lipinski definition) is 1. The van der Waals surface area contributed by atoms with Crippen LogP contribution in [0.25, 0.3) is 11.3 Å². The predicted molar refractivity (Wildman–Crippen MR) is 105 cm³/mol. The second-order valence-electron chi connectivity index (χ2n) is 5.45. The molecule has 9 heteroatoms. The zero-order valence-corrected chi connectivity index (χ0v) is 16.4. The van der Waals surface area contributed by atoms with Gasteiger partial charge in [-0.15, -0.1) is 11.3 Å². The van der Waals surface area contributed by atoms with Crippen molar-refractivity contribution in [2.75, 3.05) is 11.9 Å². The Labute approximate surface area is 169 Å². The largest absolute Gasteiger partial charge is 0.452 e. The number of thiazole rings is 1. The standard InChI is InChI=1S/C18H13Cl2N3O3S/c1-10-22-15(9-27-10)11-3-2-4-13(5-11)23-16(24)8-26-18(25)12-6-14(19)17(20)21-7-12/h2-7,9H,8H2,1H3,(H,23,24). The summed E-state index contributed by atoms with van der Waals surface area (Å²) < 4.78 is 4.97. The maximum absolute atomic E-state index is 12.1. The Kier molecular flexibility index (Phi) is 6.05. The second-order valence-corrected chi connectivity index (χ2v) is 7.28. The average molecular weight is 422 g/mol. The summed E-state index contributed by atoms with van der Waals surface area (Å²) >= 11 is 13.1. The highest BCUT2D eigenvalue weighted by atomic mass is 35.5. The SMILES string of the molecule is Cc1nc(-c2cccc(NC(=O)COC(=O)c3cnc(Cl)c(Cl)c3)c2)cs1. The number of benzene rings is 1. The van der Waals surface area contributed by atoms with E-state index < -0.39 is 18.5 Å². The zero-order valence-electron chi connectivity index (χ0n) is 14.0. The first-order valence-electron chi connectivity index (χ1n) is 7.73. The molecule has 0 saturated heterocycles. The van der Waals surface area contributed by atoms with Gasteiger partial charge in [0, 0.05) is 22.8 Å². The number of anilines is 1. The molecule has 6 nitrogen and oxygen atoms in total. The lowest BCUT2D eigenvalue weighted by atomic mass is 10.1. The minimum Gasteiger partial charge on any atom is -0.452 e. The van der Waals surface area contributed by atoms with E-state index in [0.29, 0.717) is 5.69 Å². The van der Waals surface area contributed by atoms with Crippen LogP contribution in [0.1, 0.15) is 15.4 Å². The summed E-state index contributed by atoms with van der Waals surface area (Å²) in [6.45, 7) is 1.48. The van der Waals surface area contributed by atoms with Crippen molar-refractivity contribution in [2.45, 2.75) is 6.92 Å². The van der Waals surface area contributed by atoms with E-state index >= 15 is 0 Å². The molecule has 3 rings (SSSR count). The number of ether oxygens (including phenoxy) is 1. The van der Waals surface area contributed by atoms with Crippen molar-refractivity contribution in [2.24, 2.45) is 0 Å². The Balaban J connectivity index is 1.59. The van der Waals surface area contributed by atoms with Crippen molar-refractivity contribution in [3.63, 3.8) is 0 Å². The van der Waals surface area contributed by atoms with Gasteiger partial charge in [-0.2, -0.15) is 0 Å². The molecule has 138 valence electrons. The number of rotatable bonds is 5. The third kappa shape index (κ3) is 5.03. The first kappa shape index (κ1) is 19.3. The summed E-state index contributed by atoms with van der Waals surface area (Å²) in [4.78, 5) is 32.2. The average Bonchev–Trinajstić information content (AvgIpc) is 3.08. The molecule has 1 amide bonds. The molecule has 0 atom stereocenters. The van der Waals surface area contributed by atoms with E-state index in [9.17, 15) is 9.59 Å². The molecule has 0 aliphatic rings. The Bertz CT molecular complexity index is 1010. The summed E-state index contributed by atoms with van der Waals surface area (Å²) in [5.41, 5.74) is 2.41. The monoisotopic (exact) mass is 421 g/mol. The Morgan fingerprint density at radius 1 is 1.26 bits per heavy atom. The van der Waals surface area contributed by atoms with Gasteiger partial charge in [0.15, 0.2) is 6.61 Å². The first-order chi connectivity index (χ1) is 12.9. The van der Waals surface area contributed by atoms with Crippen LogP contribution in [0.3, 0.4) is 0 Å². The van der Waals surface area contributed by atoms with Crippen LogP contribution in [-0.4, -0.2) is 28.5 Å². The van der Waals surface area contributed by atoms with Crippen LogP contribution < -0.4 is 5.32 Å². The van der Waals surface area contributed by atoms with E-state index in [0.717, 1.165) is 16.3 Å². The number of esters is 1. The lowest BCUT2D eigenvalue weighted by Gasteiger charge is -2.08. The Morgan fingerprint density at radius 3 is 2.78 bits per heavy atom. The fraction of sp³-hybridized carbons (Fsp3) is 0.111. The van der Waals surface area contributed by atoms with Crippen molar-refractivity contribution in [1.82, 2.24) is 9.97 Å². The molecular formula is C18H13Cl2N3O3S. The number of nitrogens with zero attached hydrogens (tertiary/aromatic N) is 2. The van der Waals surface area contributed by atoms with Crippen molar-refractivity contribution >= 4 is 52.1 Å². The minimum absolute atomic E-state index is 0.0844. The number of aromatic nitrogens is 2. The third-order valence-electron chi connectivity index (χ3n) is 3.43. The van der Waals surface area contributed by atoms with Gasteiger partial charge in [0.05, 0.1) is 21.3 Å². The fourth-order valence-corrected chi connectivity index (χ4v) is 3.09. The number of carbonyl (C=O) groups excluding carboxylic acids is 2. The van der Waals surface area contributed by atoms with Crippen molar-refractivity contribution in [3.8, 4) is 11.3 Å². The number of amides is 1. The van der Waals surface area contributed by atoms with E-state index in [1.165, 1.54) is 12.3 Å². The number of aryl methyl sites for hydroxylation is 1. The van der Waals surface area contributed by atoms with Crippen LogP contribution in [0.5, 0.6) is 0 Å². The van der Waals surface area contributed by atoms with E-state index in [2.05, 4.69) is 15.3 Å². The molecule has 0 saturated carbocycles. The molecule has 1 aromatic carbocycles. The molecular weight excluding hydrogens is 409 g/mol. The molecule has 0 fully saturated rings. The molecule has 2 aromatic heterocycles. The first-order valence-corrected chi connectivity index (χ1v) is 9.36. The van der Waals surface area contributed by atoms with E-state index in [1.54, 1.807) is 23.5 Å². The highest BCUT2D eigenvalue weighted by Gasteiger charge is 2.13. The number of hydrogen-bond acceptors (Lipinski definition) is 6. The van der Waals surface area contributed by atoms with Crippen LogP contribution in [-0.2, 0) is 9.53 Å². The molecule has 0 aliphatic carbocycles. The summed E-state index contributed by atoms with van der Waals surface area (Å²) in [6.07, 6.45) is 1.23. The smallest absolute Gasteiger partial charge is 0.340 e. The maximum atomic E-state index is 12.1. The number of nitrogens with one attached hydrogen (secondary N) is 1. The normalized spacial score (nSPS) is 10.5. The number of pyridine rings is 1. The van der Waals surface area contributed by atoms with Gasteiger partial charge in [-0.3, -0.25) is 4.79 Å². The summed E-state index contributed by atoms with van der Waals surface area (Å²) in [5, 5.41) is 5.81. The summed E-state index contributed by atoms with van der Waals surface area (Å²) in [5.74, 6) is -1.19. The topological polar surface area (TPSA) is 81.2 Å². The van der Waals surface area contributed by atoms with Crippen LogP contribution in [0, 0.1) is 6.92 Å². The molecule has 0 bridgehead atoms. The van der Waals surface area contributed by atoms with Crippen LogP contribution in [0.4, 0.5) is 5.69 Å². The maximum Gasteiger partial charge on any atom is 0.340 e. The summed E-state index contributed by atoms with van der Waals surface area (Å²) in [6, 6.07) is 8.59. The van der Waals surface area contributed by atoms with Gasteiger partial charge in [0.25, 0.3) is 5.91 Å². The lowest BCUT2D eigenvalue weighted by molar-refractivity contribution is -0.119.